The molecule has 0 fully saturated rings. The van der Waals surface area contributed by atoms with Crippen LogP contribution in [0.1, 0.15) is 0 Å². The van der Waals surface area contributed by atoms with Crippen molar-refractivity contribution in [3.05, 3.63) is 78.6 Å². The number of aromatic amines is 1. The van der Waals surface area contributed by atoms with Crippen LogP contribution in [0, 0.1) is 5.82 Å². The number of hydrogen-bond donors (Lipinski definition) is 2. The summed E-state index contributed by atoms with van der Waals surface area (Å²) in [5.41, 5.74) is 3.07. The van der Waals surface area contributed by atoms with Gasteiger partial charge < -0.3 is 10.3 Å². The van der Waals surface area contributed by atoms with E-state index in [1.54, 1.807) is 24.3 Å². The molecule has 1 aromatic heterocycles. The highest BCUT2D eigenvalue weighted by Crippen LogP contribution is 2.22. The topological polar surface area (TPSA) is 91.9 Å². The van der Waals surface area contributed by atoms with Crippen molar-refractivity contribution in [3.8, 4) is 11.4 Å². The lowest BCUT2D eigenvalue weighted by Gasteiger charge is -2.07. The van der Waals surface area contributed by atoms with Crippen LogP contribution in [0.4, 0.5) is 10.1 Å². The van der Waals surface area contributed by atoms with Crippen molar-refractivity contribution in [1.82, 2.24) is 9.97 Å². The molecule has 2 N–H and O–H groups in total. The fourth-order valence-electron chi connectivity index (χ4n) is 2.90. The molecule has 146 valence electrons. The summed E-state index contributed by atoms with van der Waals surface area (Å²) >= 11 is 0. The fourth-order valence-corrected chi connectivity index (χ4v) is 4.03. The Morgan fingerprint density at radius 2 is 1.66 bits per heavy atom. The quantitative estimate of drug-likeness (QED) is 0.491. The molecule has 0 aliphatic carbocycles. The molecule has 0 atom stereocenters. The Morgan fingerprint density at radius 3 is 2.34 bits per heavy atom. The molecule has 0 spiro atoms. The number of fused-ring (bicyclic) bond motifs is 1. The van der Waals surface area contributed by atoms with Crippen LogP contribution in [0.5, 0.6) is 0 Å². The van der Waals surface area contributed by atoms with Crippen LogP contribution in [0.25, 0.3) is 22.4 Å². The molecule has 0 saturated carbocycles. The predicted octanol–water partition coefficient (Wildman–Crippen LogP) is 3.78. The summed E-state index contributed by atoms with van der Waals surface area (Å²) in [6.45, 7) is 0. The summed E-state index contributed by atoms with van der Waals surface area (Å²) in [7, 11) is -3.86. The van der Waals surface area contributed by atoms with Crippen molar-refractivity contribution in [2.24, 2.45) is 0 Å². The number of H-pyrrole nitrogens is 1. The molecule has 0 radical (unpaired) electrons. The van der Waals surface area contributed by atoms with Crippen LogP contribution in [-0.4, -0.2) is 30.0 Å². The number of hydrogen-bond acceptors (Lipinski definition) is 4. The van der Waals surface area contributed by atoms with Crippen molar-refractivity contribution < 1.29 is 17.6 Å². The van der Waals surface area contributed by atoms with E-state index in [2.05, 4.69) is 15.3 Å². The van der Waals surface area contributed by atoms with Crippen molar-refractivity contribution in [2.75, 3.05) is 11.1 Å². The molecule has 0 aliphatic heterocycles. The van der Waals surface area contributed by atoms with Crippen molar-refractivity contribution in [2.45, 2.75) is 4.90 Å². The van der Waals surface area contributed by atoms with Crippen molar-refractivity contribution in [1.29, 1.82) is 0 Å². The van der Waals surface area contributed by atoms with Gasteiger partial charge in [-0.1, -0.05) is 12.1 Å². The largest absolute Gasteiger partial charge is 0.338 e. The molecule has 0 unspecified atom stereocenters. The van der Waals surface area contributed by atoms with Gasteiger partial charge in [-0.15, -0.1) is 0 Å². The van der Waals surface area contributed by atoms with Gasteiger partial charge in [-0.25, -0.2) is 17.8 Å². The van der Waals surface area contributed by atoms with E-state index in [1.165, 1.54) is 0 Å². The van der Waals surface area contributed by atoms with E-state index < -0.39 is 27.3 Å². The Bertz CT molecular complexity index is 1250. The highest BCUT2D eigenvalue weighted by Gasteiger charge is 2.19. The minimum absolute atomic E-state index is 0.103. The minimum Gasteiger partial charge on any atom is -0.338 e. The number of rotatable bonds is 5. The first-order chi connectivity index (χ1) is 13.9. The van der Waals surface area contributed by atoms with Crippen LogP contribution >= 0.6 is 0 Å². The van der Waals surface area contributed by atoms with E-state index in [9.17, 15) is 17.6 Å². The zero-order chi connectivity index (χ0) is 20.4. The zero-order valence-electron chi connectivity index (χ0n) is 15.1. The van der Waals surface area contributed by atoms with E-state index in [0.29, 0.717) is 11.5 Å². The fraction of sp³-hybridized carbons (Fsp3) is 0.0476. The van der Waals surface area contributed by atoms with Gasteiger partial charge in [-0.3, -0.25) is 4.79 Å². The van der Waals surface area contributed by atoms with Gasteiger partial charge in [0, 0.05) is 11.3 Å². The highest BCUT2D eigenvalue weighted by molar-refractivity contribution is 7.92. The van der Waals surface area contributed by atoms with Gasteiger partial charge in [0.25, 0.3) is 0 Å². The Kier molecular flexibility index (Phi) is 4.85. The maximum atomic E-state index is 13.0. The molecule has 6 nitrogen and oxygen atoms in total. The molecule has 0 aliphatic rings. The maximum absolute atomic E-state index is 13.0. The van der Waals surface area contributed by atoms with Gasteiger partial charge in [0.1, 0.15) is 17.4 Å². The molecule has 0 saturated heterocycles. The second-order valence-corrected chi connectivity index (χ2v) is 8.43. The Morgan fingerprint density at radius 1 is 0.966 bits per heavy atom. The van der Waals surface area contributed by atoms with Gasteiger partial charge in [0.05, 0.1) is 15.9 Å². The number of anilines is 1. The molecule has 29 heavy (non-hydrogen) atoms. The van der Waals surface area contributed by atoms with Crippen LogP contribution in [-0.2, 0) is 14.6 Å². The normalized spacial score (nSPS) is 11.5. The molecule has 3 aromatic carbocycles. The lowest BCUT2D eigenvalue weighted by Crippen LogP contribution is -2.23. The van der Waals surface area contributed by atoms with E-state index in [-0.39, 0.29) is 4.90 Å². The molecule has 1 amide bonds. The standard InChI is InChI=1S/C21H16FN3O3S/c22-15-7-11-17(12-8-15)29(27,28)13-20(26)23-16-9-5-14(6-10-16)21-24-18-3-1-2-4-19(18)25-21/h1-12H,13H2,(H,23,26)(H,24,25). The number of halogens is 1. The summed E-state index contributed by atoms with van der Waals surface area (Å²) in [4.78, 5) is 19.8. The van der Waals surface area contributed by atoms with Crippen molar-refractivity contribution in [3.63, 3.8) is 0 Å². The number of nitrogens with zero attached hydrogens (tertiary/aromatic N) is 1. The van der Waals surface area contributed by atoms with Gasteiger partial charge >= 0.3 is 0 Å². The van der Waals surface area contributed by atoms with E-state index in [4.69, 9.17) is 0 Å². The number of imidazole rings is 1. The Labute approximate surface area is 166 Å². The van der Waals surface area contributed by atoms with Crippen LogP contribution in [0.15, 0.2) is 77.7 Å². The third kappa shape index (κ3) is 4.17. The van der Waals surface area contributed by atoms with E-state index >= 15 is 0 Å². The minimum atomic E-state index is -3.86. The first kappa shape index (κ1) is 18.8. The SMILES string of the molecule is O=C(CS(=O)(=O)c1ccc(F)cc1)Nc1ccc(-c2nc3ccccc3[nH]2)cc1. The monoisotopic (exact) mass is 409 g/mol. The number of benzene rings is 3. The molecular formula is C21H16FN3O3S. The second kappa shape index (κ2) is 7.48. The Balaban J connectivity index is 1.45. The second-order valence-electron chi connectivity index (χ2n) is 6.44. The zero-order valence-corrected chi connectivity index (χ0v) is 15.9. The van der Waals surface area contributed by atoms with Gasteiger partial charge in [-0.05, 0) is 60.7 Å². The number of carbonyl (C=O) groups is 1. The molecule has 1 heterocycles. The van der Waals surface area contributed by atoms with Gasteiger partial charge in [0.2, 0.25) is 5.91 Å². The van der Waals surface area contributed by atoms with Gasteiger partial charge in [0.15, 0.2) is 9.84 Å². The highest BCUT2D eigenvalue weighted by atomic mass is 32.2. The molecule has 4 aromatic rings. The van der Waals surface area contributed by atoms with Gasteiger partial charge in [-0.2, -0.15) is 0 Å². The van der Waals surface area contributed by atoms with Crippen molar-refractivity contribution >= 4 is 32.5 Å². The number of aromatic nitrogens is 2. The third-order valence-corrected chi connectivity index (χ3v) is 5.96. The third-order valence-electron chi connectivity index (χ3n) is 4.33. The molecule has 8 heteroatoms. The summed E-state index contributed by atoms with van der Waals surface area (Å²) in [5, 5.41) is 2.56. The smallest absolute Gasteiger partial charge is 0.239 e. The lowest BCUT2D eigenvalue weighted by atomic mass is 10.2. The summed E-state index contributed by atoms with van der Waals surface area (Å²) in [6, 6.07) is 18.9. The average molecular weight is 409 g/mol. The number of carbonyl (C=O) groups excluding carboxylic acids is 1. The maximum Gasteiger partial charge on any atom is 0.239 e. The Hall–Kier alpha value is -3.52. The number of nitrogens with one attached hydrogen (secondary N) is 2. The number of para-hydroxylation sites is 2. The van der Waals surface area contributed by atoms with Crippen LogP contribution in [0.3, 0.4) is 0 Å². The van der Waals surface area contributed by atoms with Crippen LogP contribution in [0.2, 0.25) is 0 Å². The lowest BCUT2D eigenvalue weighted by molar-refractivity contribution is -0.113. The first-order valence-electron chi connectivity index (χ1n) is 8.74. The number of sulfone groups is 1. The number of amides is 1. The predicted molar refractivity (Wildman–Crippen MR) is 109 cm³/mol. The molecular weight excluding hydrogens is 393 g/mol. The van der Waals surface area contributed by atoms with E-state index in [1.807, 2.05) is 24.3 Å². The van der Waals surface area contributed by atoms with E-state index in [0.717, 1.165) is 40.9 Å². The average Bonchev–Trinajstić information content (AvgIpc) is 3.12. The summed E-state index contributed by atoms with van der Waals surface area (Å²) in [5.74, 6) is -1.25. The first-order valence-corrected chi connectivity index (χ1v) is 10.4. The molecule has 4 rings (SSSR count). The molecule has 0 bridgehead atoms. The summed E-state index contributed by atoms with van der Waals surface area (Å²) < 4.78 is 37.5. The van der Waals surface area contributed by atoms with Crippen LogP contribution < -0.4 is 5.32 Å². The summed E-state index contributed by atoms with van der Waals surface area (Å²) in [6.07, 6.45) is 0.